The minimum atomic E-state index is -0.0832. The molecule has 2 aromatic heterocycles. The van der Waals surface area contributed by atoms with Gasteiger partial charge >= 0.3 is 0 Å². The van der Waals surface area contributed by atoms with E-state index < -0.39 is 0 Å². The molecule has 120 valence electrons. The van der Waals surface area contributed by atoms with Gasteiger partial charge in [0.05, 0.1) is 6.10 Å². The summed E-state index contributed by atoms with van der Waals surface area (Å²) in [6, 6.07) is 1.60. The van der Waals surface area contributed by atoms with Crippen LogP contribution < -0.4 is 10.5 Å². The van der Waals surface area contributed by atoms with E-state index in [0.29, 0.717) is 11.1 Å². The molecular formula is C15H22N4O2S. The predicted molar refractivity (Wildman–Crippen MR) is 88.0 cm³/mol. The standard InChI is InChI=1S/C15H22N4O2S/c1-3-5-11-10-13(20)19-14(16-11)22-15(17-19)18-8-6-12(7-9-18)21-4-2/h10,12H,3-9H2,1-2H3. The first kappa shape index (κ1) is 15.4. The molecule has 1 aliphatic heterocycles. The van der Waals surface area contributed by atoms with Crippen LogP contribution in [0.25, 0.3) is 4.96 Å². The van der Waals surface area contributed by atoms with Crippen molar-refractivity contribution in [2.75, 3.05) is 24.6 Å². The summed E-state index contributed by atoms with van der Waals surface area (Å²) in [6.45, 7) is 6.73. The van der Waals surface area contributed by atoms with Crippen molar-refractivity contribution >= 4 is 21.4 Å². The first-order valence-corrected chi connectivity index (χ1v) is 8.79. The largest absolute Gasteiger partial charge is 0.378 e. The first-order valence-electron chi connectivity index (χ1n) is 7.97. The zero-order valence-electron chi connectivity index (χ0n) is 13.1. The molecule has 7 heteroatoms. The van der Waals surface area contributed by atoms with Gasteiger partial charge in [0.2, 0.25) is 10.1 Å². The molecule has 3 rings (SSSR count). The molecule has 2 aromatic rings. The monoisotopic (exact) mass is 322 g/mol. The lowest BCUT2D eigenvalue weighted by molar-refractivity contribution is 0.0459. The quantitative estimate of drug-likeness (QED) is 0.844. The van der Waals surface area contributed by atoms with E-state index in [0.717, 1.165) is 56.2 Å². The molecular weight excluding hydrogens is 300 g/mol. The second-order valence-corrected chi connectivity index (χ2v) is 6.49. The Hall–Kier alpha value is -1.47. The van der Waals surface area contributed by atoms with Crippen molar-refractivity contribution in [3.05, 3.63) is 22.1 Å². The molecule has 0 radical (unpaired) electrons. The molecule has 0 bridgehead atoms. The molecule has 1 aliphatic rings. The van der Waals surface area contributed by atoms with Crippen LogP contribution in [-0.2, 0) is 11.2 Å². The number of rotatable bonds is 5. The molecule has 0 atom stereocenters. The Balaban J connectivity index is 1.81. The fourth-order valence-corrected chi connectivity index (χ4v) is 3.79. The van der Waals surface area contributed by atoms with Gasteiger partial charge in [0.15, 0.2) is 0 Å². The SMILES string of the molecule is CCCc1cc(=O)n2nc(N3CCC(OCC)CC3)sc2n1. The third-order valence-electron chi connectivity index (χ3n) is 3.91. The van der Waals surface area contributed by atoms with Crippen molar-refractivity contribution in [3.8, 4) is 0 Å². The predicted octanol–water partition coefficient (Wildman–Crippen LogP) is 2.11. The third kappa shape index (κ3) is 3.15. The maximum atomic E-state index is 12.1. The van der Waals surface area contributed by atoms with Gasteiger partial charge in [-0.25, -0.2) is 4.98 Å². The van der Waals surface area contributed by atoms with Crippen molar-refractivity contribution in [2.45, 2.75) is 45.6 Å². The van der Waals surface area contributed by atoms with E-state index in [-0.39, 0.29) is 5.56 Å². The zero-order chi connectivity index (χ0) is 15.5. The van der Waals surface area contributed by atoms with E-state index in [1.807, 2.05) is 6.92 Å². The minimum Gasteiger partial charge on any atom is -0.378 e. The van der Waals surface area contributed by atoms with Gasteiger partial charge in [-0.05, 0) is 26.2 Å². The fraction of sp³-hybridized carbons (Fsp3) is 0.667. The van der Waals surface area contributed by atoms with Crippen molar-refractivity contribution in [1.29, 1.82) is 0 Å². The fourth-order valence-electron chi connectivity index (χ4n) is 2.81. The Labute approximate surface area is 133 Å². The van der Waals surface area contributed by atoms with Gasteiger partial charge in [0.25, 0.3) is 5.56 Å². The third-order valence-corrected chi connectivity index (χ3v) is 4.88. The summed E-state index contributed by atoms with van der Waals surface area (Å²) < 4.78 is 7.10. The molecule has 0 saturated carbocycles. The highest BCUT2D eigenvalue weighted by atomic mass is 32.1. The number of hydrogen-bond donors (Lipinski definition) is 0. The average Bonchev–Trinajstić information content (AvgIpc) is 2.93. The smallest absolute Gasteiger partial charge is 0.275 e. The molecule has 0 spiro atoms. The summed E-state index contributed by atoms with van der Waals surface area (Å²) in [5, 5.41) is 5.34. The molecule has 0 aliphatic carbocycles. The number of ether oxygens (including phenoxy) is 1. The molecule has 1 fully saturated rings. The summed E-state index contributed by atoms with van der Waals surface area (Å²) in [5.41, 5.74) is 0.776. The highest BCUT2D eigenvalue weighted by Crippen LogP contribution is 2.25. The van der Waals surface area contributed by atoms with Crippen LogP contribution in [0.1, 0.15) is 38.8 Å². The van der Waals surface area contributed by atoms with Crippen LogP contribution in [0, 0.1) is 0 Å². The number of hydrogen-bond acceptors (Lipinski definition) is 6. The lowest BCUT2D eigenvalue weighted by atomic mass is 10.1. The van der Waals surface area contributed by atoms with Crippen LogP contribution in [0.4, 0.5) is 5.13 Å². The van der Waals surface area contributed by atoms with Crippen LogP contribution in [0.2, 0.25) is 0 Å². The molecule has 0 amide bonds. The Morgan fingerprint density at radius 1 is 1.36 bits per heavy atom. The normalized spacial score (nSPS) is 16.5. The van der Waals surface area contributed by atoms with E-state index in [1.54, 1.807) is 6.07 Å². The lowest BCUT2D eigenvalue weighted by Crippen LogP contribution is -2.37. The zero-order valence-corrected chi connectivity index (χ0v) is 13.9. The van der Waals surface area contributed by atoms with E-state index in [2.05, 4.69) is 21.9 Å². The summed E-state index contributed by atoms with van der Waals surface area (Å²) in [5.74, 6) is 0. The van der Waals surface area contributed by atoms with Gasteiger partial charge in [-0.3, -0.25) is 4.79 Å². The first-order chi connectivity index (χ1) is 10.7. The minimum absolute atomic E-state index is 0.0832. The Kier molecular flexibility index (Phi) is 4.73. The molecule has 3 heterocycles. The highest BCUT2D eigenvalue weighted by Gasteiger charge is 2.22. The highest BCUT2D eigenvalue weighted by molar-refractivity contribution is 7.20. The van der Waals surface area contributed by atoms with E-state index in [9.17, 15) is 4.79 Å². The van der Waals surface area contributed by atoms with Crippen molar-refractivity contribution in [2.24, 2.45) is 0 Å². The molecule has 0 N–H and O–H groups in total. The van der Waals surface area contributed by atoms with E-state index in [4.69, 9.17) is 4.74 Å². The van der Waals surface area contributed by atoms with Gasteiger partial charge in [0, 0.05) is 31.5 Å². The Bertz CT molecular complexity index is 688. The van der Waals surface area contributed by atoms with Crippen LogP contribution in [-0.4, -0.2) is 40.4 Å². The maximum Gasteiger partial charge on any atom is 0.275 e. The second-order valence-electron chi connectivity index (χ2n) is 5.56. The number of aryl methyl sites for hydroxylation is 1. The molecule has 1 saturated heterocycles. The van der Waals surface area contributed by atoms with E-state index in [1.165, 1.54) is 15.9 Å². The Morgan fingerprint density at radius 3 is 2.82 bits per heavy atom. The van der Waals surface area contributed by atoms with Gasteiger partial charge in [-0.2, -0.15) is 4.52 Å². The summed E-state index contributed by atoms with van der Waals surface area (Å²) in [4.78, 5) is 19.6. The Morgan fingerprint density at radius 2 is 2.14 bits per heavy atom. The number of nitrogens with zero attached hydrogens (tertiary/aromatic N) is 4. The molecule has 22 heavy (non-hydrogen) atoms. The van der Waals surface area contributed by atoms with Crippen LogP contribution in [0.5, 0.6) is 0 Å². The molecule has 0 unspecified atom stereocenters. The lowest BCUT2D eigenvalue weighted by Gasteiger charge is -2.31. The van der Waals surface area contributed by atoms with Crippen LogP contribution >= 0.6 is 11.3 Å². The molecule has 0 aromatic carbocycles. The van der Waals surface area contributed by atoms with Crippen molar-refractivity contribution < 1.29 is 4.74 Å². The number of piperidine rings is 1. The summed E-state index contributed by atoms with van der Waals surface area (Å²) in [6.07, 6.45) is 4.19. The number of aromatic nitrogens is 3. The number of anilines is 1. The molecule has 6 nitrogen and oxygen atoms in total. The van der Waals surface area contributed by atoms with E-state index >= 15 is 0 Å². The van der Waals surface area contributed by atoms with Gasteiger partial charge < -0.3 is 9.64 Å². The topological polar surface area (TPSA) is 59.7 Å². The average molecular weight is 322 g/mol. The van der Waals surface area contributed by atoms with Crippen LogP contribution in [0.15, 0.2) is 10.9 Å². The summed E-state index contributed by atoms with van der Waals surface area (Å²) in [7, 11) is 0. The van der Waals surface area contributed by atoms with Gasteiger partial charge in [-0.1, -0.05) is 24.7 Å². The maximum absolute atomic E-state index is 12.1. The number of fused-ring (bicyclic) bond motifs is 1. The van der Waals surface area contributed by atoms with Gasteiger partial charge in [-0.15, -0.1) is 5.10 Å². The summed E-state index contributed by atoms with van der Waals surface area (Å²) >= 11 is 1.50. The second kappa shape index (κ2) is 6.75. The van der Waals surface area contributed by atoms with Crippen molar-refractivity contribution in [1.82, 2.24) is 14.6 Å². The van der Waals surface area contributed by atoms with Crippen molar-refractivity contribution in [3.63, 3.8) is 0 Å². The van der Waals surface area contributed by atoms with Crippen LogP contribution in [0.3, 0.4) is 0 Å². The van der Waals surface area contributed by atoms with Gasteiger partial charge in [0.1, 0.15) is 0 Å².